The molecule has 6 heteroatoms. The first-order valence-electron chi connectivity index (χ1n) is 6.08. The van der Waals surface area contributed by atoms with Crippen molar-refractivity contribution in [3.63, 3.8) is 0 Å². The summed E-state index contributed by atoms with van der Waals surface area (Å²) in [6, 6.07) is 7.24. The standard InChI is InChI=1S/C13H21NO4S/c1-4-17-11-6-5-7-12(8-11)18-9-13(2,3)10-19(14,15)16/h5-8H,4,9-10H2,1-3H3,(H2,14,15,16). The van der Waals surface area contributed by atoms with E-state index in [-0.39, 0.29) is 12.4 Å². The van der Waals surface area contributed by atoms with Gasteiger partial charge in [-0.1, -0.05) is 19.9 Å². The number of hydrogen-bond donors (Lipinski definition) is 1. The molecule has 0 heterocycles. The van der Waals surface area contributed by atoms with Gasteiger partial charge >= 0.3 is 0 Å². The predicted molar refractivity (Wildman–Crippen MR) is 74.9 cm³/mol. The van der Waals surface area contributed by atoms with E-state index in [1.54, 1.807) is 26.0 Å². The smallest absolute Gasteiger partial charge is 0.209 e. The van der Waals surface area contributed by atoms with E-state index < -0.39 is 15.4 Å². The second-order valence-corrected chi connectivity index (χ2v) is 6.78. The molecule has 19 heavy (non-hydrogen) atoms. The maximum absolute atomic E-state index is 11.1. The van der Waals surface area contributed by atoms with Crippen LogP contribution in [0.2, 0.25) is 0 Å². The van der Waals surface area contributed by atoms with E-state index in [9.17, 15) is 8.42 Å². The van der Waals surface area contributed by atoms with Gasteiger partial charge < -0.3 is 9.47 Å². The third-order valence-corrected chi connectivity index (χ3v) is 3.52. The molecule has 0 aliphatic rings. The Morgan fingerprint density at radius 3 is 2.32 bits per heavy atom. The van der Waals surface area contributed by atoms with Crippen molar-refractivity contribution in [2.45, 2.75) is 20.8 Å². The number of hydrogen-bond acceptors (Lipinski definition) is 4. The highest BCUT2D eigenvalue weighted by molar-refractivity contribution is 7.89. The first-order valence-corrected chi connectivity index (χ1v) is 7.79. The Bertz CT molecular complexity index is 511. The minimum atomic E-state index is -3.51. The van der Waals surface area contributed by atoms with Crippen LogP contribution < -0.4 is 14.6 Å². The SMILES string of the molecule is CCOc1cccc(OCC(C)(C)CS(N)(=O)=O)c1. The molecule has 0 saturated heterocycles. The molecule has 5 nitrogen and oxygen atoms in total. The van der Waals surface area contributed by atoms with Crippen molar-refractivity contribution in [1.29, 1.82) is 0 Å². The maximum Gasteiger partial charge on any atom is 0.209 e. The molecule has 108 valence electrons. The fourth-order valence-corrected chi connectivity index (χ4v) is 2.86. The van der Waals surface area contributed by atoms with Crippen LogP contribution in [0, 0.1) is 5.41 Å². The van der Waals surface area contributed by atoms with Crippen LogP contribution >= 0.6 is 0 Å². The fraction of sp³-hybridized carbons (Fsp3) is 0.538. The summed E-state index contributed by atoms with van der Waals surface area (Å²) in [6.07, 6.45) is 0. The highest BCUT2D eigenvalue weighted by Crippen LogP contribution is 2.23. The zero-order valence-corrected chi connectivity index (χ0v) is 12.4. The monoisotopic (exact) mass is 287 g/mol. The molecule has 1 aromatic rings. The molecule has 1 rings (SSSR count). The summed E-state index contributed by atoms with van der Waals surface area (Å²) >= 11 is 0. The molecular weight excluding hydrogens is 266 g/mol. The van der Waals surface area contributed by atoms with E-state index in [4.69, 9.17) is 14.6 Å². The molecule has 0 aliphatic carbocycles. The topological polar surface area (TPSA) is 78.6 Å². The van der Waals surface area contributed by atoms with Gasteiger partial charge in [0.2, 0.25) is 10.0 Å². The van der Waals surface area contributed by atoms with Gasteiger partial charge in [0.05, 0.1) is 19.0 Å². The summed E-state index contributed by atoms with van der Waals surface area (Å²) in [7, 11) is -3.51. The van der Waals surface area contributed by atoms with E-state index >= 15 is 0 Å². The molecule has 0 atom stereocenters. The first kappa shape index (κ1) is 15.8. The zero-order chi connectivity index (χ0) is 14.5. The van der Waals surface area contributed by atoms with E-state index in [0.717, 1.165) is 5.75 Å². The summed E-state index contributed by atoms with van der Waals surface area (Å²) in [5.41, 5.74) is -0.546. The lowest BCUT2D eigenvalue weighted by molar-refractivity contribution is 0.199. The van der Waals surface area contributed by atoms with Crippen molar-refractivity contribution in [1.82, 2.24) is 0 Å². The molecule has 0 fully saturated rings. The molecule has 0 spiro atoms. The number of nitrogens with two attached hydrogens (primary N) is 1. The van der Waals surface area contributed by atoms with Crippen LogP contribution in [0.3, 0.4) is 0 Å². The summed E-state index contributed by atoms with van der Waals surface area (Å²) in [6.45, 7) is 6.34. The van der Waals surface area contributed by atoms with Gasteiger partial charge in [0, 0.05) is 11.5 Å². The third kappa shape index (κ3) is 6.45. The van der Waals surface area contributed by atoms with Gasteiger partial charge in [0.25, 0.3) is 0 Å². The van der Waals surface area contributed by atoms with E-state index in [2.05, 4.69) is 0 Å². The lowest BCUT2D eigenvalue weighted by Crippen LogP contribution is -2.33. The Morgan fingerprint density at radius 2 is 1.79 bits per heavy atom. The first-order chi connectivity index (χ1) is 8.72. The molecule has 0 radical (unpaired) electrons. The van der Waals surface area contributed by atoms with Gasteiger partial charge in [-0.3, -0.25) is 0 Å². The highest BCUT2D eigenvalue weighted by atomic mass is 32.2. The number of primary sulfonamides is 1. The Morgan fingerprint density at radius 1 is 1.21 bits per heavy atom. The quantitative estimate of drug-likeness (QED) is 0.829. The molecule has 0 aromatic heterocycles. The maximum atomic E-state index is 11.1. The summed E-state index contributed by atoms with van der Waals surface area (Å²) in [5, 5.41) is 5.05. The Labute approximate surface area is 114 Å². The Balaban J connectivity index is 2.63. The number of ether oxygens (including phenoxy) is 2. The van der Waals surface area contributed by atoms with Crippen LogP contribution in [-0.4, -0.2) is 27.4 Å². The minimum absolute atomic E-state index is 0.120. The normalized spacial score (nSPS) is 12.2. The van der Waals surface area contributed by atoms with Crippen LogP contribution in [0.4, 0.5) is 0 Å². The van der Waals surface area contributed by atoms with E-state index in [0.29, 0.717) is 12.4 Å². The molecular formula is C13H21NO4S. The second kappa shape index (κ2) is 6.25. The van der Waals surface area contributed by atoms with E-state index in [1.807, 2.05) is 19.1 Å². The molecule has 0 saturated carbocycles. The van der Waals surface area contributed by atoms with Crippen LogP contribution in [-0.2, 0) is 10.0 Å². The van der Waals surface area contributed by atoms with Gasteiger partial charge in [0.15, 0.2) is 0 Å². The predicted octanol–water partition coefficient (Wildman–Crippen LogP) is 1.78. The van der Waals surface area contributed by atoms with Gasteiger partial charge in [-0.2, -0.15) is 0 Å². The van der Waals surface area contributed by atoms with Gasteiger partial charge in [-0.15, -0.1) is 0 Å². The van der Waals surface area contributed by atoms with Crippen molar-refractivity contribution in [2.75, 3.05) is 19.0 Å². The van der Waals surface area contributed by atoms with Gasteiger partial charge in [-0.05, 0) is 19.1 Å². The van der Waals surface area contributed by atoms with E-state index in [1.165, 1.54) is 0 Å². The Kier molecular flexibility index (Phi) is 5.20. The zero-order valence-electron chi connectivity index (χ0n) is 11.5. The number of sulfonamides is 1. The number of benzene rings is 1. The summed E-state index contributed by atoms with van der Waals surface area (Å²) in [5.74, 6) is 1.25. The average Bonchev–Trinajstić information content (AvgIpc) is 2.24. The fourth-order valence-electron chi connectivity index (χ4n) is 1.69. The largest absolute Gasteiger partial charge is 0.494 e. The minimum Gasteiger partial charge on any atom is -0.494 e. The van der Waals surface area contributed by atoms with Crippen molar-refractivity contribution in [3.8, 4) is 11.5 Å². The summed E-state index contributed by atoms with van der Waals surface area (Å²) in [4.78, 5) is 0. The van der Waals surface area contributed by atoms with Crippen LogP contribution in [0.15, 0.2) is 24.3 Å². The van der Waals surface area contributed by atoms with Crippen molar-refractivity contribution in [2.24, 2.45) is 10.6 Å². The van der Waals surface area contributed by atoms with Crippen LogP contribution in [0.25, 0.3) is 0 Å². The molecule has 0 aliphatic heterocycles. The average molecular weight is 287 g/mol. The van der Waals surface area contributed by atoms with Gasteiger partial charge in [-0.25, -0.2) is 13.6 Å². The lowest BCUT2D eigenvalue weighted by Gasteiger charge is -2.23. The summed E-state index contributed by atoms with van der Waals surface area (Å²) < 4.78 is 33.2. The molecule has 2 N–H and O–H groups in total. The van der Waals surface area contributed by atoms with Crippen molar-refractivity contribution in [3.05, 3.63) is 24.3 Å². The second-order valence-electron chi connectivity index (χ2n) is 5.17. The van der Waals surface area contributed by atoms with Crippen molar-refractivity contribution < 1.29 is 17.9 Å². The van der Waals surface area contributed by atoms with Gasteiger partial charge in [0.1, 0.15) is 11.5 Å². The molecule has 0 amide bonds. The Hall–Kier alpha value is -1.27. The third-order valence-electron chi connectivity index (χ3n) is 2.34. The molecule has 0 unspecified atom stereocenters. The van der Waals surface area contributed by atoms with Crippen LogP contribution in [0.1, 0.15) is 20.8 Å². The van der Waals surface area contributed by atoms with Crippen molar-refractivity contribution >= 4 is 10.0 Å². The highest BCUT2D eigenvalue weighted by Gasteiger charge is 2.25. The lowest BCUT2D eigenvalue weighted by atomic mass is 9.98. The number of rotatable bonds is 7. The molecule has 0 bridgehead atoms. The molecule has 1 aromatic carbocycles. The van der Waals surface area contributed by atoms with Crippen LogP contribution in [0.5, 0.6) is 11.5 Å².